The predicted molar refractivity (Wildman–Crippen MR) is 74.0 cm³/mol. The van der Waals surface area contributed by atoms with Crippen LogP contribution in [0.15, 0.2) is 0 Å². The van der Waals surface area contributed by atoms with Gasteiger partial charge in [-0.3, -0.25) is 4.79 Å². The number of carbonyl (C=O) groups excluding carboxylic acids is 2. The lowest BCUT2D eigenvalue weighted by atomic mass is 10.0. The zero-order valence-electron chi connectivity index (χ0n) is 12.7. The average molecular weight is 280 g/mol. The maximum Gasteiger partial charge on any atom is 0.407 e. The fourth-order valence-corrected chi connectivity index (χ4v) is 4.66. The minimum Gasteiger partial charge on any atom is -0.453 e. The van der Waals surface area contributed by atoms with E-state index >= 15 is 0 Å². The fraction of sp³-hybridized carbons (Fsp3) is 0.867. The van der Waals surface area contributed by atoms with Crippen LogP contribution in [-0.4, -0.2) is 41.6 Å². The Morgan fingerprint density at radius 1 is 1.40 bits per heavy atom. The number of rotatable bonds is 3. The van der Waals surface area contributed by atoms with Crippen LogP contribution in [0.3, 0.4) is 0 Å². The van der Waals surface area contributed by atoms with Gasteiger partial charge in [-0.05, 0) is 37.0 Å². The number of amides is 2. The van der Waals surface area contributed by atoms with Gasteiger partial charge in [-0.15, -0.1) is 0 Å². The van der Waals surface area contributed by atoms with Gasteiger partial charge in [0.15, 0.2) is 0 Å². The van der Waals surface area contributed by atoms with Crippen molar-refractivity contribution >= 4 is 12.0 Å². The van der Waals surface area contributed by atoms with Crippen LogP contribution >= 0.6 is 0 Å². The molecule has 20 heavy (non-hydrogen) atoms. The maximum absolute atomic E-state index is 12.9. The molecule has 3 fully saturated rings. The maximum atomic E-state index is 12.9. The van der Waals surface area contributed by atoms with Crippen molar-refractivity contribution in [2.24, 2.45) is 17.8 Å². The van der Waals surface area contributed by atoms with E-state index in [-0.39, 0.29) is 17.4 Å². The van der Waals surface area contributed by atoms with Crippen LogP contribution in [0.4, 0.5) is 4.79 Å². The molecule has 0 aromatic carbocycles. The summed E-state index contributed by atoms with van der Waals surface area (Å²) in [5.41, 5.74) is 0.118. The largest absolute Gasteiger partial charge is 0.453 e. The molecular weight excluding hydrogens is 256 g/mol. The molecule has 1 spiro atoms. The van der Waals surface area contributed by atoms with Gasteiger partial charge >= 0.3 is 6.09 Å². The Balaban J connectivity index is 1.79. The number of alkyl carbamates (subject to hydrolysis) is 1. The molecule has 1 aliphatic carbocycles. The van der Waals surface area contributed by atoms with Crippen molar-refractivity contribution in [1.29, 1.82) is 0 Å². The van der Waals surface area contributed by atoms with Gasteiger partial charge in [0.1, 0.15) is 6.04 Å². The molecule has 0 radical (unpaired) electrons. The number of carbonyl (C=O) groups is 2. The van der Waals surface area contributed by atoms with Gasteiger partial charge in [0, 0.05) is 11.6 Å². The Bertz CT molecular complexity index is 450. The number of nitrogens with one attached hydrogen (secondary N) is 1. The third-order valence-electron chi connectivity index (χ3n) is 5.77. The lowest BCUT2D eigenvalue weighted by Crippen LogP contribution is -2.54. The van der Waals surface area contributed by atoms with Gasteiger partial charge in [-0.1, -0.05) is 20.8 Å². The Morgan fingerprint density at radius 3 is 2.60 bits per heavy atom. The molecule has 112 valence electrons. The Hall–Kier alpha value is -1.26. The highest BCUT2D eigenvalue weighted by atomic mass is 16.5. The molecule has 1 saturated carbocycles. The lowest BCUT2D eigenvalue weighted by molar-refractivity contribution is -0.137. The molecule has 2 aliphatic heterocycles. The zero-order chi connectivity index (χ0) is 14.7. The van der Waals surface area contributed by atoms with E-state index in [0.29, 0.717) is 17.9 Å². The van der Waals surface area contributed by atoms with Crippen LogP contribution in [0.2, 0.25) is 0 Å². The van der Waals surface area contributed by atoms with Gasteiger partial charge in [0.05, 0.1) is 7.11 Å². The van der Waals surface area contributed by atoms with Crippen molar-refractivity contribution in [3.05, 3.63) is 0 Å². The third-order valence-corrected chi connectivity index (χ3v) is 5.77. The summed E-state index contributed by atoms with van der Waals surface area (Å²) in [6.45, 7) is 6.18. The monoisotopic (exact) mass is 280 g/mol. The average Bonchev–Trinajstić information content (AvgIpc) is 2.78. The van der Waals surface area contributed by atoms with Crippen LogP contribution in [0.5, 0.6) is 0 Å². The fourth-order valence-electron chi connectivity index (χ4n) is 4.66. The molecule has 0 aromatic rings. The topological polar surface area (TPSA) is 58.6 Å². The Labute approximate surface area is 120 Å². The molecule has 2 amide bonds. The summed E-state index contributed by atoms with van der Waals surface area (Å²) in [4.78, 5) is 26.5. The minimum atomic E-state index is -0.526. The summed E-state index contributed by atoms with van der Waals surface area (Å²) in [7, 11) is 1.33. The second-order valence-electron chi connectivity index (χ2n) is 6.88. The van der Waals surface area contributed by atoms with Crippen molar-refractivity contribution in [3.63, 3.8) is 0 Å². The van der Waals surface area contributed by atoms with E-state index in [1.54, 1.807) is 0 Å². The minimum absolute atomic E-state index is 0.0607. The molecule has 1 N–H and O–H groups in total. The van der Waals surface area contributed by atoms with E-state index in [2.05, 4.69) is 21.9 Å². The van der Waals surface area contributed by atoms with Crippen LogP contribution in [-0.2, 0) is 9.53 Å². The second-order valence-corrected chi connectivity index (χ2v) is 6.88. The zero-order valence-corrected chi connectivity index (χ0v) is 12.7. The summed E-state index contributed by atoms with van der Waals surface area (Å²) in [6, 6.07) is -0.0872. The number of piperidine rings is 1. The molecule has 0 aromatic heterocycles. The number of methoxy groups -OCH3 is 1. The summed E-state index contributed by atoms with van der Waals surface area (Å²) in [6.07, 6.45) is 2.88. The molecule has 5 heteroatoms. The van der Waals surface area contributed by atoms with Gasteiger partial charge < -0.3 is 15.0 Å². The van der Waals surface area contributed by atoms with E-state index in [9.17, 15) is 9.59 Å². The molecule has 5 atom stereocenters. The van der Waals surface area contributed by atoms with Gasteiger partial charge in [-0.2, -0.15) is 0 Å². The first-order chi connectivity index (χ1) is 9.43. The van der Waals surface area contributed by atoms with Crippen LogP contribution in [0.25, 0.3) is 0 Å². The smallest absolute Gasteiger partial charge is 0.407 e. The van der Waals surface area contributed by atoms with E-state index in [4.69, 9.17) is 0 Å². The standard InChI is InChI=1S/C15H24N2O3/c1-8(2)12(16-14(19)20-4)13(18)17-10-5-6-15(17)9(3)11(15)7-10/h8-12H,5-7H2,1-4H3,(H,16,19)/t9?,10?,11-,12-,15?/m0/s1. The first kappa shape index (κ1) is 13.7. The molecule has 3 aliphatic rings. The summed E-state index contributed by atoms with van der Waals surface area (Å²) in [5.74, 6) is 1.46. The Morgan fingerprint density at radius 2 is 2.10 bits per heavy atom. The molecule has 2 bridgehead atoms. The van der Waals surface area contributed by atoms with E-state index in [0.717, 1.165) is 19.3 Å². The van der Waals surface area contributed by atoms with Crippen molar-refractivity contribution in [2.75, 3.05) is 7.11 Å². The highest BCUT2D eigenvalue weighted by Crippen LogP contribution is 2.69. The van der Waals surface area contributed by atoms with Crippen LogP contribution in [0, 0.1) is 17.8 Å². The molecule has 3 unspecified atom stereocenters. The normalized spacial score (nSPS) is 38.6. The number of hydrogen-bond donors (Lipinski definition) is 1. The summed E-state index contributed by atoms with van der Waals surface area (Å²) in [5, 5.41) is 2.71. The van der Waals surface area contributed by atoms with Crippen molar-refractivity contribution in [1.82, 2.24) is 10.2 Å². The SMILES string of the molecule is COC(=O)N[C@H](C(=O)N1C2CCC13C(C)[C@@H]3C2)C(C)C. The highest BCUT2D eigenvalue weighted by molar-refractivity contribution is 5.88. The Kier molecular flexibility index (Phi) is 2.99. The second kappa shape index (κ2) is 4.37. The number of ether oxygens (including phenoxy) is 1. The molecule has 3 rings (SSSR count). The predicted octanol–water partition coefficient (Wildman–Crippen LogP) is 1.77. The number of fused-ring (bicyclic) bond motifs is 1. The first-order valence-electron chi connectivity index (χ1n) is 7.61. The first-order valence-corrected chi connectivity index (χ1v) is 7.61. The molecule has 2 heterocycles. The number of nitrogens with zero attached hydrogens (tertiary/aromatic N) is 1. The van der Waals surface area contributed by atoms with Gasteiger partial charge in [0.25, 0.3) is 0 Å². The van der Waals surface area contributed by atoms with E-state index in [1.165, 1.54) is 7.11 Å². The highest BCUT2D eigenvalue weighted by Gasteiger charge is 2.75. The van der Waals surface area contributed by atoms with Crippen LogP contribution < -0.4 is 5.32 Å². The van der Waals surface area contributed by atoms with Gasteiger partial charge in [-0.25, -0.2) is 4.79 Å². The van der Waals surface area contributed by atoms with E-state index < -0.39 is 12.1 Å². The molecular formula is C15H24N2O3. The van der Waals surface area contributed by atoms with Crippen molar-refractivity contribution in [3.8, 4) is 0 Å². The third kappa shape index (κ3) is 1.61. The van der Waals surface area contributed by atoms with Crippen LogP contribution in [0.1, 0.15) is 40.0 Å². The van der Waals surface area contributed by atoms with Gasteiger partial charge in [0.2, 0.25) is 5.91 Å². The molecule has 5 nitrogen and oxygen atoms in total. The van der Waals surface area contributed by atoms with Crippen molar-refractivity contribution in [2.45, 2.75) is 57.7 Å². The quantitative estimate of drug-likeness (QED) is 0.857. The summed E-state index contributed by atoms with van der Waals surface area (Å²) >= 11 is 0. The number of hydrogen-bond acceptors (Lipinski definition) is 3. The summed E-state index contributed by atoms with van der Waals surface area (Å²) < 4.78 is 4.65. The van der Waals surface area contributed by atoms with Crippen molar-refractivity contribution < 1.29 is 14.3 Å². The van der Waals surface area contributed by atoms with E-state index in [1.807, 2.05) is 13.8 Å². The lowest BCUT2D eigenvalue weighted by Gasteiger charge is -2.32. The molecule has 2 saturated heterocycles.